The van der Waals surface area contributed by atoms with Crippen LogP contribution in [0.5, 0.6) is 0 Å². The molecule has 2 unspecified atom stereocenters. The Labute approximate surface area is 116 Å². The predicted molar refractivity (Wildman–Crippen MR) is 57.2 cm³/mol. The molecule has 0 radical (unpaired) electrons. The van der Waals surface area contributed by atoms with Gasteiger partial charge >= 0.3 is 18.3 Å². The number of esters is 1. The molecule has 21 heavy (non-hydrogen) atoms. The number of alkyl halides is 5. The van der Waals surface area contributed by atoms with Crippen LogP contribution in [0.4, 0.5) is 22.0 Å². The summed E-state index contributed by atoms with van der Waals surface area (Å²) < 4.78 is 78.3. The number of ether oxygens (including phenoxy) is 3. The van der Waals surface area contributed by atoms with Crippen molar-refractivity contribution in [1.29, 1.82) is 0 Å². The molecule has 1 fully saturated rings. The van der Waals surface area contributed by atoms with Crippen LogP contribution in [0.2, 0.25) is 0 Å². The molecular formula is C11H13F5O5. The summed E-state index contributed by atoms with van der Waals surface area (Å²) in [5.41, 5.74) is -7.81. The van der Waals surface area contributed by atoms with Crippen molar-refractivity contribution in [3.8, 4) is 0 Å². The van der Waals surface area contributed by atoms with Crippen molar-refractivity contribution in [3.63, 3.8) is 0 Å². The first-order valence-corrected chi connectivity index (χ1v) is 5.56. The van der Waals surface area contributed by atoms with Crippen LogP contribution in [-0.4, -0.2) is 48.0 Å². The summed E-state index contributed by atoms with van der Waals surface area (Å²) in [7, 11) is 0. The lowest BCUT2D eigenvalue weighted by molar-refractivity contribution is -0.493. The van der Waals surface area contributed by atoms with Gasteiger partial charge in [-0.05, 0) is 13.8 Å². The molecule has 5 nitrogen and oxygen atoms in total. The van der Waals surface area contributed by atoms with E-state index in [1.165, 1.54) is 6.92 Å². The Morgan fingerprint density at radius 2 is 1.90 bits per heavy atom. The van der Waals surface area contributed by atoms with E-state index < -0.39 is 42.9 Å². The van der Waals surface area contributed by atoms with Gasteiger partial charge in [-0.2, -0.15) is 22.0 Å². The molecule has 1 aliphatic rings. The third-order valence-corrected chi connectivity index (χ3v) is 3.04. The Bertz CT molecular complexity index is 449. The molecule has 1 saturated heterocycles. The van der Waals surface area contributed by atoms with Crippen LogP contribution in [0.3, 0.4) is 0 Å². The lowest BCUT2D eigenvalue weighted by atomic mass is 9.81. The lowest BCUT2D eigenvalue weighted by Crippen LogP contribution is -2.76. The summed E-state index contributed by atoms with van der Waals surface area (Å²) in [6.45, 7) is 2.45. The van der Waals surface area contributed by atoms with E-state index in [9.17, 15) is 31.9 Å². The fourth-order valence-electron chi connectivity index (χ4n) is 1.69. The van der Waals surface area contributed by atoms with Gasteiger partial charge < -0.3 is 14.6 Å². The summed E-state index contributed by atoms with van der Waals surface area (Å²) in [5, 5.41) is 9.57. The van der Waals surface area contributed by atoms with Crippen LogP contribution >= 0.6 is 0 Å². The molecule has 0 saturated carbocycles. The highest BCUT2D eigenvalue weighted by atomic mass is 19.4. The molecule has 0 aromatic heterocycles. The zero-order chi connectivity index (χ0) is 16.7. The van der Waals surface area contributed by atoms with Gasteiger partial charge in [-0.1, -0.05) is 6.58 Å². The van der Waals surface area contributed by atoms with Gasteiger partial charge in [0, 0.05) is 5.57 Å². The average molecular weight is 320 g/mol. The Morgan fingerprint density at radius 3 is 2.33 bits per heavy atom. The zero-order valence-corrected chi connectivity index (χ0v) is 11.1. The van der Waals surface area contributed by atoms with Gasteiger partial charge in [0.1, 0.15) is 12.2 Å². The second kappa shape index (κ2) is 5.18. The van der Waals surface area contributed by atoms with E-state index in [-0.39, 0.29) is 5.57 Å². The molecule has 1 aliphatic heterocycles. The van der Waals surface area contributed by atoms with E-state index in [0.717, 1.165) is 0 Å². The van der Waals surface area contributed by atoms with E-state index in [0.29, 0.717) is 6.92 Å². The van der Waals surface area contributed by atoms with E-state index >= 15 is 0 Å². The fraction of sp³-hybridized carbons (Fsp3) is 0.727. The van der Waals surface area contributed by atoms with Crippen LogP contribution in [-0.2, 0) is 19.0 Å². The van der Waals surface area contributed by atoms with E-state index in [1.807, 2.05) is 0 Å². The maximum Gasteiger partial charge on any atom is 0.429 e. The van der Waals surface area contributed by atoms with Gasteiger partial charge in [0.05, 0.1) is 0 Å². The quantitative estimate of drug-likeness (QED) is 0.488. The van der Waals surface area contributed by atoms with Gasteiger partial charge in [0.25, 0.3) is 5.60 Å². The molecule has 0 amide bonds. The zero-order valence-electron chi connectivity index (χ0n) is 11.1. The Kier molecular flexibility index (Phi) is 4.39. The normalized spacial score (nSPS) is 32.6. The number of hydrogen-bond acceptors (Lipinski definition) is 5. The SMILES string of the molecule is C=C(C)C(=O)OCC1(C)OCOC(F)(F)C1(O)C(F)(F)F. The minimum Gasteiger partial charge on any atom is -0.459 e. The Morgan fingerprint density at radius 1 is 1.38 bits per heavy atom. The van der Waals surface area contributed by atoms with Crippen LogP contribution in [0.1, 0.15) is 13.8 Å². The van der Waals surface area contributed by atoms with Crippen LogP contribution < -0.4 is 0 Å². The molecule has 10 heteroatoms. The maximum atomic E-state index is 13.5. The number of aliphatic hydroxyl groups is 1. The van der Waals surface area contributed by atoms with Crippen LogP contribution in [0, 0.1) is 0 Å². The first kappa shape index (κ1) is 17.8. The molecule has 1 heterocycles. The smallest absolute Gasteiger partial charge is 0.429 e. The number of carbonyl (C=O) groups excluding carboxylic acids is 1. The van der Waals surface area contributed by atoms with Crippen molar-refractivity contribution in [1.82, 2.24) is 0 Å². The van der Waals surface area contributed by atoms with Crippen molar-refractivity contribution in [2.45, 2.75) is 37.3 Å². The molecule has 2 atom stereocenters. The van der Waals surface area contributed by atoms with Crippen molar-refractivity contribution >= 4 is 5.97 Å². The van der Waals surface area contributed by atoms with E-state index in [2.05, 4.69) is 20.8 Å². The number of rotatable bonds is 3. The van der Waals surface area contributed by atoms with Gasteiger partial charge in [0.15, 0.2) is 6.79 Å². The summed E-state index contributed by atoms with van der Waals surface area (Å²) in [4.78, 5) is 11.2. The molecule has 0 aliphatic carbocycles. The maximum absolute atomic E-state index is 13.5. The molecule has 0 bridgehead atoms. The van der Waals surface area contributed by atoms with Gasteiger partial charge in [-0.15, -0.1) is 0 Å². The molecule has 122 valence electrons. The summed E-state index contributed by atoms with van der Waals surface area (Å²) >= 11 is 0. The van der Waals surface area contributed by atoms with Gasteiger partial charge in [-0.3, -0.25) is 4.74 Å². The topological polar surface area (TPSA) is 65.0 Å². The van der Waals surface area contributed by atoms with Crippen LogP contribution in [0.15, 0.2) is 12.2 Å². The second-order valence-corrected chi connectivity index (χ2v) is 4.72. The molecule has 1 rings (SSSR count). The first-order valence-electron chi connectivity index (χ1n) is 5.56. The summed E-state index contributed by atoms with van der Waals surface area (Å²) in [5.74, 6) is -1.11. The van der Waals surface area contributed by atoms with Crippen molar-refractivity contribution in [3.05, 3.63) is 12.2 Å². The number of halogens is 5. The fourth-order valence-corrected chi connectivity index (χ4v) is 1.69. The van der Waals surface area contributed by atoms with E-state index in [1.54, 1.807) is 0 Å². The third kappa shape index (κ3) is 2.74. The number of carbonyl (C=O) groups is 1. The minimum absolute atomic E-state index is 0.159. The van der Waals surface area contributed by atoms with Crippen molar-refractivity contribution in [2.75, 3.05) is 13.4 Å². The predicted octanol–water partition coefficient (Wildman–Crippen LogP) is 1.75. The highest BCUT2D eigenvalue weighted by molar-refractivity contribution is 5.86. The Hall–Kier alpha value is -1.26. The largest absolute Gasteiger partial charge is 0.459 e. The van der Waals surface area contributed by atoms with Crippen LogP contribution in [0.25, 0.3) is 0 Å². The monoisotopic (exact) mass is 320 g/mol. The highest BCUT2D eigenvalue weighted by Gasteiger charge is 2.81. The summed E-state index contributed by atoms with van der Waals surface area (Å²) in [6.07, 6.45) is -10.8. The van der Waals surface area contributed by atoms with E-state index in [4.69, 9.17) is 0 Å². The summed E-state index contributed by atoms with van der Waals surface area (Å²) in [6, 6.07) is 0. The minimum atomic E-state index is -5.80. The lowest BCUT2D eigenvalue weighted by Gasteiger charge is -2.50. The Balaban J connectivity index is 3.17. The number of hydrogen-bond donors (Lipinski definition) is 1. The molecule has 1 N–H and O–H groups in total. The van der Waals surface area contributed by atoms with Gasteiger partial charge in [-0.25, -0.2) is 4.79 Å². The molecule has 0 aromatic carbocycles. The van der Waals surface area contributed by atoms with Crippen molar-refractivity contribution in [2.24, 2.45) is 0 Å². The average Bonchev–Trinajstić information content (AvgIpc) is 2.31. The third-order valence-electron chi connectivity index (χ3n) is 3.04. The molecule has 0 aromatic rings. The van der Waals surface area contributed by atoms with Crippen molar-refractivity contribution < 1.29 is 46.1 Å². The standard InChI is InChI=1S/C11H13F5O5/c1-6(2)7(17)19-4-8(3)9(18,10(12,13)14)11(15,16)21-5-20-8/h18H,1,4-5H2,2-3H3. The first-order chi connectivity index (χ1) is 9.28. The molecular weight excluding hydrogens is 307 g/mol. The molecule has 0 spiro atoms. The highest BCUT2D eigenvalue weighted by Crippen LogP contribution is 2.52. The van der Waals surface area contributed by atoms with Gasteiger partial charge in [0.2, 0.25) is 0 Å². The second-order valence-electron chi connectivity index (χ2n) is 4.72.